The molecule has 0 unspecified atom stereocenters. The predicted molar refractivity (Wildman–Crippen MR) is 99.8 cm³/mol. The fraction of sp³-hybridized carbons (Fsp3) is 0.158. The quantitative estimate of drug-likeness (QED) is 0.535. The van der Waals surface area contributed by atoms with Crippen molar-refractivity contribution in [2.75, 3.05) is 0 Å². The van der Waals surface area contributed by atoms with Crippen molar-refractivity contribution in [1.29, 1.82) is 0 Å². The molecule has 3 aromatic heterocycles. The average Bonchev–Trinajstić information content (AvgIpc) is 3.31. The van der Waals surface area contributed by atoms with E-state index < -0.39 is 11.2 Å². The van der Waals surface area contributed by atoms with Gasteiger partial charge in [0.05, 0.1) is 16.7 Å². The Labute approximate surface area is 160 Å². The largest absolute Gasteiger partial charge is 0.338 e. The lowest BCUT2D eigenvalue weighted by molar-refractivity contribution is 0.354. The Morgan fingerprint density at radius 1 is 1.22 bits per heavy atom. The Balaban J connectivity index is 1.61. The van der Waals surface area contributed by atoms with Crippen molar-refractivity contribution < 1.29 is 8.91 Å². The van der Waals surface area contributed by atoms with E-state index in [1.807, 2.05) is 18.2 Å². The lowest BCUT2D eigenvalue weighted by Gasteiger charge is -2.09. The maximum absolute atomic E-state index is 14.2. The molecule has 1 saturated carbocycles. The molecule has 0 radical (unpaired) electrons. The minimum Gasteiger partial charge on any atom is -0.338 e. The van der Waals surface area contributed by atoms with Crippen LogP contribution in [0.25, 0.3) is 22.3 Å². The normalized spacial score (nSPS) is 15.2. The molecule has 0 aliphatic heterocycles. The van der Waals surface area contributed by atoms with Gasteiger partial charge in [0.15, 0.2) is 0 Å². The summed E-state index contributed by atoms with van der Waals surface area (Å²) in [6, 6.07) is 10.2. The number of pyridine rings is 2. The van der Waals surface area contributed by atoms with E-state index in [-0.39, 0.29) is 17.3 Å². The zero-order valence-electron chi connectivity index (χ0n) is 13.9. The first-order valence-electron chi connectivity index (χ1n) is 8.35. The van der Waals surface area contributed by atoms with E-state index in [4.69, 9.17) is 4.52 Å². The van der Waals surface area contributed by atoms with Crippen LogP contribution in [0.2, 0.25) is 0 Å². The van der Waals surface area contributed by atoms with Crippen molar-refractivity contribution in [3.8, 4) is 11.4 Å². The van der Waals surface area contributed by atoms with Crippen LogP contribution in [0, 0.1) is 5.82 Å². The number of benzene rings is 1. The molecule has 1 fully saturated rings. The summed E-state index contributed by atoms with van der Waals surface area (Å²) in [7, 11) is 0. The SMILES string of the molecule is O=c1[nH]c2ccc(Br)cc2cc1-c1noc(C2(c3ncccc3F)CC2)n1. The third-order valence-electron chi connectivity index (χ3n) is 4.84. The maximum Gasteiger partial charge on any atom is 0.259 e. The fourth-order valence-electron chi connectivity index (χ4n) is 3.29. The van der Waals surface area contributed by atoms with Crippen molar-refractivity contribution in [2.45, 2.75) is 18.3 Å². The predicted octanol–water partition coefficient (Wildman–Crippen LogP) is 3.95. The van der Waals surface area contributed by atoms with Gasteiger partial charge in [-0.15, -0.1) is 0 Å². The molecule has 1 aliphatic carbocycles. The van der Waals surface area contributed by atoms with Crippen LogP contribution in [-0.2, 0) is 5.41 Å². The van der Waals surface area contributed by atoms with Gasteiger partial charge in [0.25, 0.3) is 5.56 Å². The molecule has 0 atom stereocenters. The Kier molecular flexibility index (Phi) is 3.51. The molecule has 5 rings (SSSR count). The molecule has 6 nitrogen and oxygen atoms in total. The molecular weight excluding hydrogens is 415 g/mol. The summed E-state index contributed by atoms with van der Waals surface area (Å²) in [4.78, 5) is 23.8. The smallest absolute Gasteiger partial charge is 0.259 e. The van der Waals surface area contributed by atoms with Gasteiger partial charge < -0.3 is 9.51 Å². The molecule has 0 amide bonds. The van der Waals surface area contributed by atoms with E-state index >= 15 is 0 Å². The van der Waals surface area contributed by atoms with Gasteiger partial charge in [-0.2, -0.15) is 4.98 Å². The summed E-state index contributed by atoms with van der Waals surface area (Å²) in [6.45, 7) is 0. The van der Waals surface area contributed by atoms with Gasteiger partial charge in [-0.3, -0.25) is 9.78 Å². The van der Waals surface area contributed by atoms with Crippen LogP contribution in [-0.4, -0.2) is 20.1 Å². The van der Waals surface area contributed by atoms with Crippen LogP contribution in [0.3, 0.4) is 0 Å². The molecule has 1 N–H and O–H groups in total. The number of fused-ring (bicyclic) bond motifs is 1. The first-order chi connectivity index (χ1) is 13.1. The number of hydrogen-bond acceptors (Lipinski definition) is 5. The van der Waals surface area contributed by atoms with Crippen molar-refractivity contribution in [1.82, 2.24) is 20.1 Å². The highest BCUT2D eigenvalue weighted by Gasteiger charge is 2.54. The molecule has 0 saturated heterocycles. The second-order valence-corrected chi connectivity index (χ2v) is 7.50. The zero-order chi connectivity index (χ0) is 18.6. The van der Waals surface area contributed by atoms with Crippen molar-refractivity contribution in [2.24, 2.45) is 0 Å². The van der Waals surface area contributed by atoms with E-state index in [1.54, 1.807) is 18.3 Å². The standard InChI is InChI=1S/C19H12BrFN4O2/c20-11-3-4-14-10(8-11)9-12(17(26)23-14)16-24-18(27-25-16)19(5-6-19)15-13(21)2-1-7-22-15/h1-4,7-9H,5-6H2,(H,23,26). The number of aromatic nitrogens is 4. The van der Waals surface area contributed by atoms with Crippen molar-refractivity contribution in [3.05, 3.63) is 74.8 Å². The monoisotopic (exact) mass is 426 g/mol. The summed E-state index contributed by atoms with van der Waals surface area (Å²) >= 11 is 3.42. The van der Waals surface area contributed by atoms with Crippen LogP contribution in [0.4, 0.5) is 4.39 Å². The van der Waals surface area contributed by atoms with Crippen LogP contribution in [0.1, 0.15) is 24.4 Å². The Hall–Kier alpha value is -2.87. The number of nitrogens with one attached hydrogen (secondary N) is 1. The highest BCUT2D eigenvalue weighted by Crippen LogP contribution is 2.52. The molecule has 1 aromatic carbocycles. The van der Waals surface area contributed by atoms with Gasteiger partial charge in [-0.25, -0.2) is 4.39 Å². The summed E-state index contributed by atoms with van der Waals surface area (Å²) in [6.07, 6.45) is 2.88. The summed E-state index contributed by atoms with van der Waals surface area (Å²) in [5.74, 6) is 0.0581. The van der Waals surface area contributed by atoms with Crippen LogP contribution in [0.5, 0.6) is 0 Å². The molecular formula is C19H12BrFN4O2. The maximum atomic E-state index is 14.2. The van der Waals surface area contributed by atoms with Crippen LogP contribution < -0.4 is 5.56 Å². The molecule has 4 aromatic rings. The van der Waals surface area contributed by atoms with Gasteiger partial charge in [0, 0.05) is 21.6 Å². The van der Waals surface area contributed by atoms with E-state index in [0.717, 1.165) is 9.86 Å². The summed E-state index contributed by atoms with van der Waals surface area (Å²) < 4.78 is 20.5. The molecule has 134 valence electrons. The highest BCUT2D eigenvalue weighted by atomic mass is 79.9. The van der Waals surface area contributed by atoms with Gasteiger partial charge in [0.2, 0.25) is 11.7 Å². The number of nitrogens with zero attached hydrogens (tertiary/aromatic N) is 3. The van der Waals surface area contributed by atoms with E-state index in [9.17, 15) is 9.18 Å². The Morgan fingerprint density at radius 2 is 2.07 bits per heavy atom. The second-order valence-electron chi connectivity index (χ2n) is 6.58. The molecule has 27 heavy (non-hydrogen) atoms. The van der Waals surface area contributed by atoms with Crippen molar-refractivity contribution in [3.63, 3.8) is 0 Å². The van der Waals surface area contributed by atoms with Gasteiger partial charge in [-0.05, 0) is 49.2 Å². The Morgan fingerprint density at radius 3 is 2.85 bits per heavy atom. The third kappa shape index (κ3) is 2.59. The van der Waals surface area contributed by atoms with E-state index in [2.05, 4.69) is 36.0 Å². The fourth-order valence-corrected chi connectivity index (χ4v) is 3.66. The molecule has 1 aliphatic rings. The molecule has 8 heteroatoms. The zero-order valence-corrected chi connectivity index (χ0v) is 15.5. The summed E-state index contributed by atoms with van der Waals surface area (Å²) in [5.41, 5.74) is 0.295. The minimum atomic E-state index is -0.705. The van der Waals surface area contributed by atoms with E-state index in [1.165, 1.54) is 6.07 Å². The van der Waals surface area contributed by atoms with Crippen LogP contribution >= 0.6 is 15.9 Å². The number of halogens is 2. The first-order valence-corrected chi connectivity index (χ1v) is 9.14. The first kappa shape index (κ1) is 16.3. The minimum absolute atomic E-state index is 0.177. The number of aromatic amines is 1. The summed E-state index contributed by atoms with van der Waals surface area (Å²) in [5, 5.41) is 4.81. The second kappa shape index (κ2) is 5.82. The van der Waals surface area contributed by atoms with Gasteiger partial charge in [-0.1, -0.05) is 21.1 Å². The lowest BCUT2D eigenvalue weighted by Crippen LogP contribution is -2.14. The van der Waals surface area contributed by atoms with Gasteiger partial charge >= 0.3 is 0 Å². The van der Waals surface area contributed by atoms with Gasteiger partial charge in [0.1, 0.15) is 5.82 Å². The lowest BCUT2D eigenvalue weighted by atomic mass is 10.0. The molecule has 0 spiro atoms. The molecule has 0 bridgehead atoms. The topological polar surface area (TPSA) is 84.7 Å². The number of rotatable bonds is 3. The highest BCUT2D eigenvalue weighted by molar-refractivity contribution is 9.10. The number of hydrogen-bond donors (Lipinski definition) is 1. The third-order valence-corrected chi connectivity index (χ3v) is 5.34. The molecule has 3 heterocycles. The Bertz CT molecular complexity index is 1250. The average molecular weight is 427 g/mol. The number of H-pyrrole nitrogens is 1. The van der Waals surface area contributed by atoms with Crippen LogP contribution in [0.15, 0.2) is 56.4 Å². The van der Waals surface area contributed by atoms with E-state index in [0.29, 0.717) is 29.6 Å². The van der Waals surface area contributed by atoms with Crippen molar-refractivity contribution >= 4 is 26.8 Å².